The number of unbranched alkanes of at least 4 members (excludes halogenated alkanes) is 5. The van der Waals surface area contributed by atoms with Crippen LogP contribution in [0.1, 0.15) is 68.6 Å². The van der Waals surface area contributed by atoms with Crippen LogP contribution in [0.5, 0.6) is 0 Å². The van der Waals surface area contributed by atoms with E-state index in [4.69, 9.17) is 0 Å². The molecule has 1 fully saturated rings. The zero-order chi connectivity index (χ0) is 22.8. The van der Waals surface area contributed by atoms with E-state index in [0.29, 0.717) is 19.5 Å². The molecule has 0 aromatic heterocycles. The summed E-state index contributed by atoms with van der Waals surface area (Å²) in [6.07, 6.45) is 9.63. The van der Waals surface area contributed by atoms with Crippen molar-refractivity contribution >= 4 is 13.6 Å². The first-order chi connectivity index (χ1) is 15.6. The molecular formula is C26H36N2O3P+. The monoisotopic (exact) mass is 455 g/mol. The first kappa shape index (κ1) is 24.7. The average Bonchev–Trinajstić information content (AvgIpc) is 3.25. The van der Waals surface area contributed by atoms with Gasteiger partial charge in [0, 0.05) is 12.6 Å². The van der Waals surface area contributed by atoms with Crippen LogP contribution in [0.15, 0.2) is 54.6 Å². The number of hydrogen-bond donors (Lipinski definition) is 3. The largest absolute Gasteiger partial charge is 0.587 e. The second-order valence-corrected chi connectivity index (χ2v) is 9.69. The van der Waals surface area contributed by atoms with Crippen LogP contribution in [0.4, 0.5) is 0 Å². The average molecular weight is 456 g/mol. The molecule has 1 heterocycles. The van der Waals surface area contributed by atoms with Crippen molar-refractivity contribution < 1.29 is 14.3 Å². The third kappa shape index (κ3) is 6.11. The SMILES string of the molecule is CCCCCCCCc1ccc(CNC2CCNC2(C(=O)[P+](=O)O)c2ccccc2)cc1. The second-order valence-electron chi connectivity index (χ2n) is 8.74. The van der Waals surface area contributed by atoms with Crippen molar-refractivity contribution in [3.05, 3.63) is 71.3 Å². The molecule has 0 amide bonds. The van der Waals surface area contributed by atoms with E-state index in [0.717, 1.165) is 17.5 Å². The maximum absolute atomic E-state index is 12.9. The zero-order valence-corrected chi connectivity index (χ0v) is 19.9. The molecule has 5 nitrogen and oxygen atoms in total. The Bertz CT molecular complexity index is 872. The molecule has 172 valence electrons. The van der Waals surface area contributed by atoms with Gasteiger partial charge in [-0.3, -0.25) is 5.32 Å². The van der Waals surface area contributed by atoms with E-state index in [1.54, 1.807) is 0 Å². The number of benzene rings is 2. The van der Waals surface area contributed by atoms with E-state index in [1.165, 1.54) is 44.1 Å². The maximum Gasteiger partial charge on any atom is 0.587 e. The molecule has 6 heteroatoms. The van der Waals surface area contributed by atoms with Gasteiger partial charge < -0.3 is 5.32 Å². The summed E-state index contributed by atoms with van der Waals surface area (Å²) >= 11 is 0. The highest BCUT2D eigenvalue weighted by molar-refractivity contribution is 7.58. The molecule has 1 saturated heterocycles. The van der Waals surface area contributed by atoms with E-state index in [-0.39, 0.29) is 6.04 Å². The summed E-state index contributed by atoms with van der Waals surface area (Å²) in [5, 5.41) is 6.74. The number of aryl methyl sites for hydroxylation is 1. The molecule has 3 atom stereocenters. The van der Waals surface area contributed by atoms with Crippen molar-refractivity contribution in [3.63, 3.8) is 0 Å². The fraction of sp³-hybridized carbons (Fsp3) is 0.500. The number of carbonyl (C=O) groups excluding carboxylic acids is 1. The van der Waals surface area contributed by atoms with Crippen LogP contribution >= 0.6 is 8.03 Å². The molecule has 0 saturated carbocycles. The Morgan fingerprint density at radius 1 is 1.03 bits per heavy atom. The molecule has 0 radical (unpaired) electrons. The van der Waals surface area contributed by atoms with Gasteiger partial charge in [-0.05, 0) is 47.1 Å². The standard InChI is InChI=1S/C26H35N2O3P/c1-2-3-4-5-6-8-11-21-14-16-22(17-15-21)20-27-24-18-19-28-26(24,25(29)32(30)31)23-12-9-7-10-13-23/h7,9-10,12-17,24,27-28H,2-6,8,11,18-20H2,1H3/p+1. The summed E-state index contributed by atoms with van der Waals surface area (Å²) in [7, 11) is -2.94. The van der Waals surface area contributed by atoms with Gasteiger partial charge in [0.05, 0.1) is 0 Å². The molecule has 3 unspecified atom stereocenters. The second kappa shape index (κ2) is 12.4. The lowest BCUT2D eigenvalue weighted by Crippen LogP contribution is -2.55. The van der Waals surface area contributed by atoms with Crippen LogP contribution in [-0.4, -0.2) is 23.0 Å². The molecule has 0 aliphatic carbocycles. The third-order valence-corrected chi connectivity index (χ3v) is 7.19. The van der Waals surface area contributed by atoms with Gasteiger partial charge in [-0.1, -0.05) is 93.6 Å². The highest BCUT2D eigenvalue weighted by atomic mass is 31.1. The Labute approximate surface area is 192 Å². The Balaban J connectivity index is 1.60. The topological polar surface area (TPSA) is 78.4 Å². The van der Waals surface area contributed by atoms with Crippen molar-refractivity contribution in [2.45, 2.75) is 76.4 Å². The quantitative estimate of drug-likeness (QED) is 0.286. The minimum Gasteiger partial charge on any atom is -0.307 e. The van der Waals surface area contributed by atoms with Crippen LogP contribution in [-0.2, 0) is 27.9 Å². The van der Waals surface area contributed by atoms with E-state index in [9.17, 15) is 14.3 Å². The van der Waals surface area contributed by atoms with Gasteiger partial charge in [0.2, 0.25) is 0 Å². The van der Waals surface area contributed by atoms with E-state index < -0.39 is 19.1 Å². The van der Waals surface area contributed by atoms with Crippen molar-refractivity contribution in [3.8, 4) is 0 Å². The highest BCUT2D eigenvalue weighted by Gasteiger charge is 2.58. The molecule has 32 heavy (non-hydrogen) atoms. The lowest BCUT2D eigenvalue weighted by Gasteiger charge is -2.30. The van der Waals surface area contributed by atoms with Crippen LogP contribution < -0.4 is 10.6 Å². The number of carbonyl (C=O) groups is 1. The Hall–Kier alpha value is -1.91. The lowest BCUT2D eigenvalue weighted by atomic mass is 9.85. The van der Waals surface area contributed by atoms with E-state index >= 15 is 0 Å². The summed E-state index contributed by atoms with van der Waals surface area (Å²) in [5.74, 6) is 0. The van der Waals surface area contributed by atoms with Gasteiger partial charge in [0.1, 0.15) is 0 Å². The lowest BCUT2D eigenvalue weighted by molar-refractivity contribution is -0.118. The molecule has 3 N–H and O–H groups in total. The summed E-state index contributed by atoms with van der Waals surface area (Å²) in [5.41, 5.74) is 1.39. The Morgan fingerprint density at radius 2 is 1.69 bits per heavy atom. The molecule has 2 aromatic carbocycles. The molecule has 0 spiro atoms. The minimum absolute atomic E-state index is 0.258. The number of rotatable bonds is 13. The number of hydrogen-bond acceptors (Lipinski definition) is 4. The summed E-state index contributed by atoms with van der Waals surface area (Å²) in [6.45, 7) is 3.46. The normalized spacial score (nSPS) is 20.9. The molecule has 1 aliphatic rings. The predicted molar refractivity (Wildman–Crippen MR) is 130 cm³/mol. The smallest absolute Gasteiger partial charge is 0.307 e. The van der Waals surface area contributed by atoms with Crippen molar-refractivity contribution in [2.24, 2.45) is 0 Å². The van der Waals surface area contributed by atoms with Crippen LogP contribution in [0.2, 0.25) is 0 Å². The Morgan fingerprint density at radius 3 is 2.38 bits per heavy atom. The van der Waals surface area contributed by atoms with E-state index in [1.807, 2.05) is 30.3 Å². The number of nitrogens with one attached hydrogen (secondary N) is 2. The van der Waals surface area contributed by atoms with Gasteiger partial charge in [-0.15, -0.1) is 0 Å². The summed E-state index contributed by atoms with van der Waals surface area (Å²) in [4.78, 5) is 22.5. The van der Waals surface area contributed by atoms with Gasteiger partial charge in [-0.2, -0.15) is 4.89 Å². The third-order valence-electron chi connectivity index (χ3n) is 6.49. The summed E-state index contributed by atoms with van der Waals surface area (Å²) in [6, 6.07) is 17.7. The van der Waals surface area contributed by atoms with Crippen LogP contribution in [0.25, 0.3) is 0 Å². The van der Waals surface area contributed by atoms with Gasteiger partial charge in [0.25, 0.3) is 0 Å². The molecule has 0 bridgehead atoms. The molecule has 1 aliphatic heterocycles. The summed E-state index contributed by atoms with van der Waals surface area (Å²) < 4.78 is 11.8. The fourth-order valence-electron chi connectivity index (χ4n) is 4.69. The molecule has 3 rings (SSSR count). The van der Waals surface area contributed by atoms with Gasteiger partial charge in [-0.25, -0.2) is 4.79 Å². The van der Waals surface area contributed by atoms with E-state index in [2.05, 4.69) is 41.8 Å². The van der Waals surface area contributed by atoms with Crippen LogP contribution in [0, 0.1) is 0 Å². The maximum atomic E-state index is 12.9. The Kier molecular flexibility index (Phi) is 9.55. The molecule has 2 aromatic rings. The first-order valence-corrected chi connectivity index (χ1v) is 13.1. The minimum atomic E-state index is -2.94. The fourth-order valence-corrected chi connectivity index (χ4v) is 5.35. The van der Waals surface area contributed by atoms with Gasteiger partial charge >= 0.3 is 13.6 Å². The van der Waals surface area contributed by atoms with Crippen molar-refractivity contribution in [1.29, 1.82) is 0 Å². The van der Waals surface area contributed by atoms with Gasteiger partial charge in [0.15, 0.2) is 5.54 Å². The first-order valence-electron chi connectivity index (χ1n) is 11.9. The van der Waals surface area contributed by atoms with Crippen LogP contribution in [0.3, 0.4) is 0 Å². The zero-order valence-electron chi connectivity index (χ0n) is 19.1. The van der Waals surface area contributed by atoms with Crippen molar-refractivity contribution in [2.75, 3.05) is 6.54 Å². The predicted octanol–water partition coefficient (Wildman–Crippen LogP) is 5.20. The van der Waals surface area contributed by atoms with Crippen molar-refractivity contribution in [1.82, 2.24) is 10.6 Å². The molecular weight excluding hydrogens is 419 g/mol. The highest BCUT2D eigenvalue weighted by Crippen LogP contribution is 2.39.